The van der Waals surface area contributed by atoms with Crippen molar-refractivity contribution >= 4 is 32.6 Å². The third kappa shape index (κ3) is 3.75. The number of para-hydroxylation sites is 1. The van der Waals surface area contributed by atoms with Crippen LogP contribution in [0.15, 0.2) is 47.5 Å². The van der Waals surface area contributed by atoms with Gasteiger partial charge in [-0.3, -0.25) is 4.98 Å². The second-order valence-corrected chi connectivity index (χ2v) is 9.15. The lowest BCUT2D eigenvalue weighted by atomic mass is 10.2. The molecule has 3 aromatic rings. The smallest absolute Gasteiger partial charge is 0.245 e. The van der Waals surface area contributed by atoms with E-state index in [9.17, 15) is 8.42 Å². The first-order valence-electron chi connectivity index (χ1n) is 9.48. The van der Waals surface area contributed by atoms with E-state index in [1.807, 2.05) is 50.2 Å². The summed E-state index contributed by atoms with van der Waals surface area (Å²) in [4.78, 5) is 17.6. The monoisotopic (exact) mass is 412 g/mol. The molecule has 1 aliphatic rings. The van der Waals surface area contributed by atoms with Crippen molar-refractivity contribution in [3.63, 3.8) is 0 Å². The first-order chi connectivity index (χ1) is 13.9. The maximum absolute atomic E-state index is 13.3. The summed E-state index contributed by atoms with van der Waals surface area (Å²) in [5.74, 6) is 2.36. The van der Waals surface area contributed by atoms with Crippen molar-refractivity contribution in [2.24, 2.45) is 0 Å². The maximum atomic E-state index is 13.3. The van der Waals surface area contributed by atoms with Crippen LogP contribution in [-0.4, -0.2) is 67.9 Å². The molecule has 9 heteroatoms. The Hall–Kier alpha value is -2.78. The molecule has 3 heterocycles. The molecule has 0 spiro atoms. The lowest BCUT2D eigenvalue weighted by Gasteiger charge is -2.35. The number of fused-ring (bicyclic) bond motifs is 1. The zero-order valence-electron chi connectivity index (χ0n) is 16.8. The molecule has 0 unspecified atom stereocenters. The van der Waals surface area contributed by atoms with E-state index < -0.39 is 10.0 Å². The van der Waals surface area contributed by atoms with Crippen molar-refractivity contribution in [1.82, 2.24) is 19.3 Å². The number of anilines is 2. The van der Waals surface area contributed by atoms with Crippen LogP contribution >= 0.6 is 0 Å². The minimum atomic E-state index is -3.62. The predicted molar refractivity (Wildman–Crippen MR) is 114 cm³/mol. The fourth-order valence-corrected chi connectivity index (χ4v) is 5.10. The fraction of sp³-hybridized carbons (Fsp3) is 0.350. The minimum Gasteiger partial charge on any atom is -0.363 e. The SMILES string of the molecule is Cc1nc(N(C)C)cc(N2CCN(S(=O)(=O)c3cccc4cccnc34)CC2)n1. The summed E-state index contributed by atoms with van der Waals surface area (Å²) in [6, 6.07) is 10.9. The number of sulfonamides is 1. The standard InChI is InChI=1S/C20H24N6O2S/c1-15-22-18(24(2)3)14-19(23-15)25-10-12-26(13-11-25)29(27,28)17-8-4-6-16-7-5-9-21-20(16)17/h4-9,14H,10-13H2,1-3H3. The van der Waals surface area contributed by atoms with E-state index in [4.69, 9.17) is 0 Å². The number of piperazine rings is 1. The van der Waals surface area contributed by atoms with Gasteiger partial charge in [0.05, 0.1) is 5.52 Å². The minimum absolute atomic E-state index is 0.261. The Kier molecular flexibility index (Phi) is 5.10. The molecule has 0 radical (unpaired) electrons. The Bertz CT molecular complexity index is 1140. The second kappa shape index (κ2) is 7.57. The molecule has 1 fully saturated rings. The third-order valence-electron chi connectivity index (χ3n) is 5.05. The van der Waals surface area contributed by atoms with Gasteiger partial charge in [0.15, 0.2) is 0 Å². The van der Waals surface area contributed by atoms with Gasteiger partial charge in [0.2, 0.25) is 10.0 Å². The lowest BCUT2D eigenvalue weighted by molar-refractivity contribution is 0.384. The maximum Gasteiger partial charge on any atom is 0.245 e. The van der Waals surface area contributed by atoms with E-state index in [2.05, 4.69) is 19.9 Å². The van der Waals surface area contributed by atoms with Gasteiger partial charge in [-0.25, -0.2) is 18.4 Å². The van der Waals surface area contributed by atoms with Crippen molar-refractivity contribution in [3.05, 3.63) is 48.4 Å². The molecular formula is C20H24N6O2S. The average molecular weight is 413 g/mol. The molecule has 1 aromatic carbocycles. The summed E-state index contributed by atoms with van der Waals surface area (Å²) in [7, 11) is 0.257. The number of pyridine rings is 1. The zero-order valence-corrected chi connectivity index (χ0v) is 17.6. The van der Waals surface area contributed by atoms with Crippen LogP contribution in [0.2, 0.25) is 0 Å². The summed E-state index contributed by atoms with van der Waals surface area (Å²) in [6.07, 6.45) is 1.62. The van der Waals surface area contributed by atoms with Gasteiger partial charge in [-0.2, -0.15) is 4.31 Å². The van der Waals surface area contributed by atoms with Gasteiger partial charge in [-0.1, -0.05) is 18.2 Å². The van der Waals surface area contributed by atoms with Crippen LogP contribution in [0.5, 0.6) is 0 Å². The Morgan fingerprint density at radius 3 is 2.45 bits per heavy atom. The highest BCUT2D eigenvalue weighted by molar-refractivity contribution is 7.89. The molecule has 8 nitrogen and oxygen atoms in total. The summed E-state index contributed by atoms with van der Waals surface area (Å²) in [6.45, 7) is 3.80. The van der Waals surface area contributed by atoms with Crippen molar-refractivity contribution in [3.8, 4) is 0 Å². The molecule has 29 heavy (non-hydrogen) atoms. The molecule has 0 aliphatic carbocycles. The highest BCUT2D eigenvalue weighted by Crippen LogP contribution is 2.26. The normalized spacial score (nSPS) is 15.6. The third-order valence-corrected chi connectivity index (χ3v) is 6.98. The van der Waals surface area contributed by atoms with Gasteiger partial charge in [-0.15, -0.1) is 0 Å². The fourth-order valence-electron chi connectivity index (χ4n) is 3.51. The summed E-state index contributed by atoms with van der Waals surface area (Å²) in [5, 5.41) is 0.819. The number of aromatic nitrogens is 3. The van der Waals surface area contributed by atoms with Crippen LogP contribution in [0.3, 0.4) is 0 Å². The topological polar surface area (TPSA) is 82.5 Å². The van der Waals surface area contributed by atoms with E-state index in [1.165, 1.54) is 4.31 Å². The molecule has 0 amide bonds. The van der Waals surface area contributed by atoms with Crippen molar-refractivity contribution in [1.29, 1.82) is 0 Å². The summed E-state index contributed by atoms with van der Waals surface area (Å²) < 4.78 is 28.1. The Balaban J connectivity index is 1.57. The first kappa shape index (κ1) is 19.5. The molecule has 4 rings (SSSR count). The van der Waals surface area contributed by atoms with E-state index in [1.54, 1.807) is 18.3 Å². The van der Waals surface area contributed by atoms with Gasteiger partial charge in [0.1, 0.15) is 22.4 Å². The number of benzene rings is 1. The van der Waals surface area contributed by atoms with E-state index in [-0.39, 0.29) is 4.90 Å². The lowest BCUT2D eigenvalue weighted by Crippen LogP contribution is -2.49. The Morgan fingerprint density at radius 1 is 1.00 bits per heavy atom. The number of hydrogen-bond acceptors (Lipinski definition) is 7. The van der Waals surface area contributed by atoms with Crippen LogP contribution in [0.1, 0.15) is 5.82 Å². The van der Waals surface area contributed by atoms with Gasteiger partial charge in [-0.05, 0) is 19.1 Å². The molecule has 2 aromatic heterocycles. The van der Waals surface area contributed by atoms with Crippen molar-refractivity contribution in [2.75, 3.05) is 50.1 Å². The van der Waals surface area contributed by atoms with E-state index in [0.29, 0.717) is 37.5 Å². The number of aryl methyl sites for hydroxylation is 1. The van der Waals surface area contributed by atoms with Crippen LogP contribution in [-0.2, 0) is 10.0 Å². The summed E-state index contributed by atoms with van der Waals surface area (Å²) in [5.41, 5.74) is 0.513. The van der Waals surface area contributed by atoms with Gasteiger partial charge in [0, 0.05) is 57.9 Å². The van der Waals surface area contributed by atoms with Gasteiger partial charge in [0.25, 0.3) is 0 Å². The highest BCUT2D eigenvalue weighted by Gasteiger charge is 2.30. The van der Waals surface area contributed by atoms with Crippen molar-refractivity contribution in [2.45, 2.75) is 11.8 Å². The predicted octanol–water partition coefficient (Wildman–Crippen LogP) is 1.91. The number of nitrogens with zero attached hydrogens (tertiary/aromatic N) is 6. The zero-order chi connectivity index (χ0) is 20.6. The largest absolute Gasteiger partial charge is 0.363 e. The molecule has 1 saturated heterocycles. The summed E-state index contributed by atoms with van der Waals surface area (Å²) >= 11 is 0. The molecule has 0 bridgehead atoms. The van der Waals surface area contributed by atoms with Gasteiger partial charge < -0.3 is 9.80 Å². The molecule has 0 N–H and O–H groups in total. The molecule has 152 valence electrons. The molecule has 0 saturated carbocycles. The molecular weight excluding hydrogens is 388 g/mol. The molecule has 1 aliphatic heterocycles. The first-order valence-corrected chi connectivity index (χ1v) is 10.9. The average Bonchev–Trinajstić information content (AvgIpc) is 2.73. The number of hydrogen-bond donors (Lipinski definition) is 0. The quantitative estimate of drug-likeness (QED) is 0.647. The van der Waals surface area contributed by atoms with Crippen LogP contribution in [0, 0.1) is 6.92 Å². The second-order valence-electron chi connectivity index (χ2n) is 7.25. The van der Waals surface area contributed by atoms with Crippen LogP contribution in [0.4, 0.5) is 11.6 Å². The Labute approximate surface area is 170 Å². The molecule has 0 atom stereocenters. The van der Waals surface area contributed by atoms with Crippen LogP contribution < -0.4 is 9.80 Å². The Morgan fingerprint density at radius 2 is 1.72 bits per heavy atom. The van der Waals surface area contributed by atoms with Crippen LogP contribution in [0.25, 0.3) is 10.9 Å². The van der Waals surface area contributed by atoms with E-state index in [0.717, 1.165) is 17.0 Å². The number of rotatable bonds is 4. The van der Waals surface area contributed by atoms with Gasteiger partial charge >= 0.3 is 0 Å². The van der Waals surface area contributed by atoms with Crippen molar-refractivity contribution < 1.29 is 8.42 Å². The highest BCUT2D eigenvalue weighted by atomic mass is 32.2. The van der Waals surface area contributed by atoms with E-state index >= 15 is 0 Å².